The average Bonchev–Trinajstić information content (AvgIpc) is 2.98. The molecule has 2 aromatic carbocycles. The maximum atomic E-state index is 13.4. The normalized spacial score (nSPS) is 14.8. The Morgan fingerprint density at radius 2 is 1.67 bits per heavy atom. The highest BCUT2D eigenvalue weighted by Crippen LogP contribution is 2.38. The van der Waals surface area contributed by atoms with E-state index in [1.165, 1.54) is 26.0 Å². The van der Waals surface area contributed by atoms with Gasteiger partial charge in [-0.25, -0.2) is 9.59 Å². The highest BCUT2D eigenvalue weighted by molar-refractivity contribution is 6.12. The third kappa shape index (κ3) is 4.79. The van der Waals surface area contributed by atoms with Crippen LogP contribution in [0.3, 0.4) is 0 Å². The number of amides is 3. The lowest BCUT2D eigenvalue weighted by atomic mass is 10.0. The SMILES string of the molecule is Cc1cc(CN2C(=O)CN(c3ccccc3C(F)(F)F)C2=O)cc(C)c1OC(C)(C)C(=O)O. The van der Waals surface area contributed by atoms with E-state index in [0.29, 0.717) is 22.4 Å². The number of anilines is 1. The summed E-state index contributed by atoms with van der Waals surface area (Å²) in [5.41, 5.74) is -1.10. The summed E-state index contributed by atoms with van der Waals surface area (Å²) in [6.45, 7) is 5.57. The molecule has 0 saturated carbocycles. The molecule has 1 N–H and O–H groups in total. The molecule has 2 aromatic rings. The lowest BCUT2D eigenvalue weighted by Gasteiger charge is -2.25. The number of halogens is 3. The van der Waals surface area contributed by atoms with Gasteiger partial charge in [0.1, 0.15) is 12.3 Å². The van der Waals surface area contributed by atoms with Gasteiger partial charge in [-0.05, 0) is 56.5 Å². The van der Waals surface area contributed by atoms with Gasteiger partial charge in [0.2, 0.25) is 0 Å². The second-order valence-electron chi connectivity index (χ2n) is 8.34. The molecule has 7 nitrogen and oxygen atoms in total. The number of aryl methyl sites for hydroxylation is 2. The summed E-state index contributed by atoms with van der Waals surface area (Å²) < 4.78 is 45.8. The van der Waals surface area contributed by atoms with Gasteiger partial charge in [0, 0.05) is 0 Å². The predicted octanol–water partition coefficient (Wildman–Crippen LogP) is 4.53. The minimum absolute atomic E-state index is 0.146. The van der Waals surface area contributed by atoms with Crippen LogP contribution in [0.5, 0.6) is 5.75 Å². The second-order valence-corrected chi connectivity index (χ2v) is 8.34. The van der Waals surface area contributed by atoms with Crippen molar-refractivity contribution in [2.75, 3.05) is 11.4 Å². The first kappa shape index (κ1) is 24.1. The molecule has 0 atom stereocenters. The highest BCUT2D eigenvalue weighted by atomic mass is 19.4. The maximum absolute atomic E-state index is 13.4. The quantitative estimate of drug-likeness (QED) is 0.635. The largest absolute Gasteiger partial charge is 0.478 e. The molecular formula is C23H23F3N2O5. The smallest absolute Gasteiger partial charge is 0.418 e. The number of rotatable bonds is 6. The van der Waals surface area contributed by atoms with Crippen molar-refractivity contribution in [3.8, 4) is 5.75 Å². The summed E-state index contributed by atoms with van der Waals surface area (Å²) in [5.74, 6) is -1.40. The van der Waals surface area contributed by atoms with Crippen molar-refractivity contribution in [1.82, 2.24) is 4.90 Å². The highest BCUT2D eigenvalue weighted by Gasteiger charge is 2.42. The Balaban J connectivity index is 1.86. The number of para-hydroxylation sites is 1. The Morgan fingerprint density at radius 3 is 2.21 bits per heavy atom. The number of hydrogen-bond acceptors (Lipinski definition) is 4. The number of urea groups is 1. The first-order valence-electron chi connectivity index (χ1n) is 10.0. The van der Waals surface area contributed by atoms with Crippen LogP contribution in [0.1, 0.15) is 36.1 Å². The van der Waals surface area contributed by atoms with Gasteiger partial charge in [-0.2, -0.15) is 13.2 Å². The Morgan fingerprint density at radius 1 is 1.09 bits per heavy atom. The topological polar surface area (TPSA) is 87.2 Å². The minimum atomic E-state index is -4.68. The summed E-state index contributed by atoms with van der Waals surface area (Å²) in [6.07, 6.45) is -4.68. The zero-order chi connectivity index (χ0) is 24.7. The van der Waals surface area contributed by atoms with E-state index in [-0.39, 0.29) is 12.2 Å². The van der Waals surface area contributed by atoms with Crippen LogP contribution in [-0.2, 0) is 22.3 Å². The van der Waals surface area contributed by atoms with Crippen LogP contribution in [0.4, 0.5) is 23.7 Å². The number of carboxylic acids is 1. The fourth-order valence-electron chi connectivity index (χ4n) is 3.61. The van der Waals surface area contributed by atoms with Crippen molar-refractivity contribution in [1.29, 1.82) is 0 Å². The summed E-state index contributed by atoms with van der Waals surface area (Å²) in [6, 6.07) is 7.05. The Labute approximate surface area is 188 Å². The van der Waals surface area contributed by atoms with E-state index in [1.54, 1.807) is 26.0 Å². The van der Waals surface area contributed by atoms with Gasteiger partial charge >= 0.3 is 18.2 Å². The number of carboxylic acid groups (broad SMARTS) is 1. The summed E-state index contributed by atoms with van der Waals surface area (Å²) in [5, 5.41) is 9.29. The number of aliphatic carboxylic acids is 1. The molecule has 0 unspecified atom stereocenters. The molecule has 1 fully saturated rings. The molecule has 1 saturated heterocycles. The minimum Gasteiger partial charge on any atom is -0.478 e. The van der Waals surface area contributed by atoms with E-state index < -0.39 is 41.8 Å². The lowest BCUT2D eigenvalue weighted by molar-refractivity contribution is -0.152. The zero-order valence-electron chi connectivity index (χ0n) is 18.5. The van der Waals surface area contributed by atoms with E-state index >= 15 is 0 Å². The van der Waals surface area contributed by atoms with Crippen molar-refractivity contribution in [2.45, 2.75) is 46.0 Å². The van der Waals surface area contributed by atoms with Crippen LogP contribution in [0.2, 0.25) is 0 Å². The van der Waals surface area contributed by atoms with Gasteiger partial charge in [0.15, 0.2) is 5.60 Å². The molecule has 3 amide bonds. The fraction of sp³-hybridized carbons (Fsp3) is 0.348. The van der Waals surface area contributed by atoms with Gasteiger partial charge in [-0.15, -0.1) is 0 Å². The van der Waals surface area contributed by atoms with Crippen molar-refractivity contribution >= 4 is 23.6 Å². The van der Waals surface area contributed by atoms with Crippen molar-refractivity contribution in [3.63, 3.8) is 0 Å². The fourth-order valence-corrected chi connectivity index (χ4v) is 3.61. The summed E-state index contributed by atoms with van der Waals surface area (Å²) in [7, 11) is 0. The number of nitrogens with zero attached hydrogens (tertiary/aromatic N) is 2. The Bertz CT molecular complexity index is 1100. The number of benzene rings is 2. The van der Waals surface area contributed by atoms with Gasteiger partial charge in [-0.3, -0.25) is 14.6 Å². The van der Waals surface area contributed by atoms with Gasteiger partial charge in [0.05, 0.1) is 17.8 Å². The molecule has 176 valence electrons. The second kappa shape index (κ2) is 8.42. The van der Waals surface area contributed by atoms with Crippen molar-refractivity contribution in [2.24, 2.45) is 0 Å². The zero-order valence-corrected chi connectivity index (χ0v) is 18.5. The number of hydrogen-bond donors (Lipinski definition) is 1. The number of carbonyl (C=O) groups excluding carboxylic acids is 2. The van der Waals surface area contributed by atoms with Gasteiger partial charge in [0.25, 0.3) is 5.91 Å². The van der Waals surface area contributed by atoms with Gasteiger partial charge in [-0.1, -0.05) is 24.3 Å². The number of imide groups is 1. The summed E-state index contributed by atoms with van der Waals surface area (Å²) >= 11 is 0. The molecule has 1 aliphatic heterocycles. The van der Waals surface area contributed by atoms with Crippen LogP contribution in [0.15, 0.2) is 36.4 Å². The summed E-state index contributed by atoms with van der Waals surface area (Å²) in [4.78, 5) is 38.5. The number of carbonyl (C=O) groups is 3. The van der Waals surface area contributed by atoms with Crippen molar-refractivity contribution in [3.05, 3.63) is 58.7 Å². The monoisotopic (exact) mass is 464 g/mol. The Kier molecular flexibility index (Phi) is 6.14. The molecule has 0 aromatic heterocycles. The third-order valence-corrected chi connectivity index (χ3v) is 5.29. The van der Waals surface area contributed by atoms with Gasteiger partial charge < -0.3 is 9.84 Å². The molecular weight excluding hydrogens is 441 g/mol. The van der Waals surface area contributed by atoms with E-state index in [9.17, 15) is 32.7 Å². The lowest BCUT2D eigenvalue weighted by Crippen LogP contribution is -2.38. The third-order valence-electron chi connectivity index (χ3n) is 5.29. The standard InChI is InChI=1S/C23H23F3N2O5/c1-13-9-15(10-14(2)19(13)33-22(3,4)20(30)31)11-28-18(29)12-27(21(28)32)17-8-6-5-7-16(17)23(24,25)26/h5-10H,11-12H2,1-4H3,(H,30,31). The van der Waals surface area contributed by atoms with Crippen LogP contribution in [0.25, 0.3) is 0 Å². The average molecular weight is 464 g/mol. The van der Waals surface area contributed by atoms with Crippen LogP contribution in [-0.4, -0.2) is 40.1 Å². The number of alkyl halides is 3. The molecule has 0 aliphatic carbocycles. The molecule has 0 radical (unpaired) electrons. The number of ether oxygens (including phenoxy) is 1. The van der Waals surface area contributed by atoms with Crippen molar-refractivity contribution < 1.29 is 37.4 Å². The Hall–Kier alpha value is -3.56. The molecule has 1 heterocycles. The van der Waals surface area contributed by atoms with Crippen LogP contribution < -0.4 is 9.64 Å². The van der Waals surface area contributed by atoms with Crippen LogP contribution in [0, 0.1) is 13.8 Å². The predicted molar refractivity (Wildman–Crippen MR) is 113 cm³/mol. The van der Waals surface area contributed by atoms with E-state index in [2.05, 4.69) is 0 Å². The molecule has 1 aliphatic rings. The molecule has 0 bridgehead atoms. The molecule has 0 spiro atoms. The van der Waals surface area contributed by atoms with Crippen LogP contribution >= 0.6 is 0 Å². The first-order chi connectivity index (χ1) is 15.2. The molecule has 10 heteroatoms. The molecule has 33 heavy (non-hydrogen) atoms. The van der Waals surface area contributed by atoms with E-state index in [1.807, 2.05) is 0 Å². The first-order valence-corrected chi connectivity index (χ1v) is 10.0. The maximum Gasteiger partial charge on any atom is 0.418 e. The molecule has 3 rings (SSSR count). The van der Waals surface area contributed by atoms with E-state index in [0.717, 1.165) is 21.9 Å². The van der Waals surface area contributed by atoms with E-state index in [4.69, 9.17) is 4.74 Å².